The number of halogens is 1. The number of hydrogen-bond acceptors (Lipinski definition) is 4. The maximum atomic E-state index is 12.7. The van der Waals surface area contributed by atoms with Crippen LogP contribution in [0, 0.1) is 6.92 Å². The molecule has 2 aromatic heterocycles. The predicted molar refractivity (Wildman–Crippen MR) is 103 cm³/mol. The first-order valence-electron chi connectivity index (χ1n) is 7.89. The molecule has 0 atom stereocenters. The van der Waals surface area contributed by atoms with Crippen LogP contribution in [0.3, 0.4) is 0 Å². The van der Waals surface area contributed by atoms with Crippen molar-refractivity contribution in [1.29, 1.82) is 0 Å². The van der Waals surface area contributed by atoms with E-state index >= 15 is 0 Å². The number of thiophene rings is 1. The Balaban J connectivity index is 1.75. The Hall–Kier alpha value is -2.57. The molecule has 0 aliphatic heterocycles. The van der Waals surface area contributed by atoms with Crippen LogP contribution in [0.15, 0.2) is 52.3 Å². The molecule has 0 bridgehead atoms. The minimum atomic E-state index is -0.258. The average molecular weight is 389 g/mol. The second-order valence-corrected chi connectivity index (χ2v) is 7.15. The number of nitrogens with zero attached hydrogens (tertiary/aromatic N) is 1. The first kappa shape index (κ1) is 18.2. The quantitative estimate of drug-likeness (QED) is 0.681. The van der Waals surface area contributed by atoms with Crippen molar-refractivity contribution < 1.29 is 14.0 Å². The molecule has 0 unspecified atom stereocenters. The molecule has 0 saturated heterocycles. The van der Waals surface area contributed by atoms with Gasteiger partial charge in [0, 0.05) is 12.6 Å². The fraction of sp³-hybridized carbons (Fsp3) is 0.158. The summed E-state index contributed by atoms with van der Waals surface area (Å²) in [5, 5.41) is 4.94. The standard InChI is InChI=1S/C19H17ClN2O3S/c1-12-5-7-14(25-12)11-22(2)19(24)13-6-8-15(20)16(10-13)21-18(23)17-4-3-9-26-17/h3-10H,11H2,1-2H3,(H,21,23). The van der Waals surface area contributed by atoms with E-state index in [2.05, 4.69) is 5.32 Å². The number of nitrogens with one attached hydrogen (secondary N) is 1. The number of carbonyl (C=O) groups is 2. The van der Waals surface area contributed by atoms with Crippen LogP contribution in [0.4, 0.5) is 5.69 Å². The van der Waals surface area contributed by atoms with Crippen molar-refractivity contribution in [2.24, 2.45) is 0 Å². The van der Waals surface area contributed by atoms with Crippen molar-refractivity contribution in [1.82, 2.24) is 4.90 Å². The summed E-state index contributed by atoms with van der Waals surface area (Å²) in [6.45, 7) is 2.21. The minimum Gasteiger partial charge on any atom is -0.464 e. The van der Waals surface area contributed by atoms with Crippen LogP contribution < -0.4 is 5.32 Å². The van der Waals surface area contributed by atoms with E-state index in [4.69, 9.17) is 16.0 Å². The SMILES string of the molecule is Cc1ccc(CN(C)C(=O)c2ccc(Cl)c(NC(=O)c3cccs3)c2)o1. The largest absolute Gasteiger partial charge is 0.464 e. The van der Waals surface area contributed by atoms with Gasteiger partial charge in [-0.15, -0.1) is 11.3 Å². The average Bonchev–Trinajstić information content (AvgIpc) is 3.28. The summed E-state index contributed by atoms with van der Waals surface area (Å²) in [4.78, 5) is 27.0. The summed E-state index contributed by atoms with van der Waals surface area (Å²) >= 11 is 7.50. The molecule has 26 heavy (non-hydrogen) atoms. The summed E-state index contributed by atoms with van der Waals surface area (Å²) in [7, 11) is 1.69. The third kappa shape index (κ3) is 4.15. The Kier molecular flexibility index (Phi) is 5.44. The zero-order valence-electron chi connectivity index (χ0n) is 14.3. The van der Waals surface area contributed by atoms with Gasteiger partial charge in [-0.05, 0) is 48.7 Å². The van der Waals surface area contributed by atoms with Crippen molar-refractivity contribution in [3.05, 3.63) is 74.8 Å². The van der Waals surface area contributed by atoms with Gasteiger partial charge in [-0.25, -0.2) is 0 Å². The highest BCUT2D eigenvalue weighted by Gasteiger charge is 2.16. The highest BCUT2D eigenvalue weighted by molar-refractivity contribution is 7.12. The number of anilines is 1. The molecule has 1 N–H and O–H groups in total. The van der Waals surface area contributed by atoms with Crippen molar-refractivity contribution in [3.63, 3.8) is 0 Å². The Bertz CT molecular complexity index is 934. The molecule has 0 saturated carbocycles. The lowest BCUT2D eigenvalue weighted by atomic mass is 10.1. The van der Waals surface area contributed by atoms with Crippen LogP contribution in [0.25, 0.3) is 0 Å². The number of amides is 2. The fourth-order valence-electron chi connectivity index (χ4n) is 2.44. The molecule has 3 rings (SSSR count). The zero-order valence-corrected chi connectivity index (χ0v) is 15.9. The second kappa shape index (κ2) is 7.76. The molecule has 2 heterocycles. The normalized spacial score (nSPS) is 10.6. The summed E-state index contributed by atoms with van der Waals surface area (Å²) in [6, 6.07) is 12.0. The monoisotopic (exact) mass is 388 g/mol. The molecular formula is C19H17ClN2O3S. The first-order valence-corrected chi connectivity index (χ1v) is 9.15. The highest BCUT2D eigenvalue weighted by atomic mass is 35.5. The summed E-state index contributed by atoms with van der Waals surface area (Å²) in [6.07, 6.45) is 0. The molecule has 1 aromatic carbocycles. The minimum absolute atomic E-state index is 0.192. The van der Waals surface area contributed by atoms with E-state index < -0.39 is 0 Å². The molecule has 0 spiro atoms. The molecule has 2 amide bonds. The van der Waals surface area contributed by atoms with Gasteiger partial charge in [-0.3, -0.25) is 9.59 Å². The lowest BCUT2D eigenvalue weighted by Crippen LogP contribution is -2.26. The summed E-state index contributed by atoms with van der Waals surface area (Å²) in [5.41, 5.74) is 0.833. The molecule has 7 heteroatoms. The highest BCUT2D eigenvalue weighted by Crippen LogP contribution is 2.25. The summed E-state index contributed by atoms with van der Waals surface area (Å²) < 4.78 is 5.51. The van der Waals surface area contributed by atoms with Crippen molar-refractivity contribution >= 4 is 40.4 Å². The third-order valence-electron chi connectivity index (χ3n) is 3.74. The van der Waals surface area contributed by atoms with Crippen LogP contribution >= 0.6 is 22.9 Å². The van der Waals surface area contributed by atoms with Gasteiger partial charge in [0.05, 0.1) is 22.1 Å². The van der Waals surface area contributed by atoms with E-state index in [0.29, 0.717) is 33.5 Å². The first-order chi connectivity index (χ1) is 12.4. The van der Waals surface area contributed by atoms with E-state index in [1.165, 1.54) is 11.3 Å². The van der Waals surface area contributed by atoms with Crippen molar-refractivity contribution in [3.8, 4) is 0 Å². The zero-order chi connectivity index (χ0) is 18.7. The molecule has 0 fully saturated rings. The van der Waals surface area contributed by atoms with E-state index in [1.54, 1.807) is 42.3 Å². The molecule has 3 aromatic rings. The van der Waals surface area contributed by atoms with Gasteiger partial charge >= 0.3 is 0 Å². The predicted octanol–water partition coefficient (Wildman–Crippen LogP) is 4.83. The van der Waals surface area contributed by atoms with Gasteiger partial charge in [0.25, 0.3) is 11.8 Å². The van der Waals surface area contributed by atoms with Crippen molar-refractivity contribution in [2.45, 2.75) is 13.5 Å². The van der Waals surface area contributed by atoms with Gasteiger partial charge in [-0.1, -0.05) is 17.7 Å². The maximum Gasteiger partial charge on any atom is 0.265 e. The lowest BCUT2D eigenvalue weighted by molar-refractivity contribution is 0.0774. The molecule has 0 aliphatic rings. The number of benzene rings is 1. The number of aryl methyl sites for hydroxylation is 1. The Morgan fingerprint density at radius 1 is 1.23 bits per heavy atom. The van der Waals surface area contributed by atoms with Gasteiger partial charge in [0.2, 0.25) is 0 Å². The smallest absolute Gasteiger partial charge is 0.265 e. The number of carbonyl (C=O) groups excluding carboxylic acids is 2. The maximum absolute atomic E-state index is 12.7. The Labute approximate surface area is 160 Å². The van der Waals surface area contributed by atoms with E-state index in [-0.39, 0.29) is 11.8 Å². The lowest BCUT2D eigenvalue weighted by Gasteiger charge is -2.17. The van der Waals surface area contributed by atoms with Crippen LogP contribution in [0.1, 0.15) is 31.6 Å². The van der Waals surface area contributed by atoms with E-state index in [1.807, 2.05) is 24.4 Å². The topological polar surface area (TPSA) is 62.6 Å². The third-order valence-corrected chi connectivity index (χ3v) is 4.94. The molecule has 134 valence electrons. The van der Waals surface area contributed by atoms with E-state index in [9.17, 15) is 9.59 Å². The Morgan fingerprint density at radius 2 is 2.04 bits per heavy atom. The second-order valence-electron chi connectivity index (χ2n) is 5.80. The van der Waals surface area contributed by atoms with Gasteiger partial charge < -0.3 is 14.6 Å². The van der Waals surface area contributed by atoms with Crippen LogP contribution in [0.2, 0.25) is 5.02 Å². The van der Waals surface area contributed by atoms with Gasteiger partial charge in [-0.2, -0.15) is 0 Å². The molecule has 0 aliphatic carbocycles. The molecule has 0 radical (unpaired) electrons. The number of hydrogen-bond donors (Lipinski definition) is 1. The number of furan rings is 1. The van der Waals surface area contributed by atoms with Crippen LogP contribution in [0.5, 0.6) is 0 Å². The van der Waals surface area contributed by atoms with Gasteiger partial charge in [0.1, 0.15) is 11.5 Å². The van der Waals surface area contributed by atoms with Crippen LogP contribution in [-0.4, -0.2) is 23.8 Å². The van der Waals surface area contributed by atoms with Crippen molar-refractivity contribution in [2.75, 3.05) is 12.4 Å². The van der Waals surface area contributed by atoms with Gasteiger partial charge in [0.15, 0.2) is 0 Å². The molecule has 5 nitrogen and oxygen atoms in total. The van der Waals surface area contributed by atoms with Crippen LogP contribution in [-0.2, 0) is 6.54 Å². The summed E-state index contributed by atoms with van der Waals surface area (Å²) in [5.74, 6) is 1.05. The van der Waals surface area contributed by atoms with E-state index in [0.717, 1.165) is 5.76 Å². The molecular weight excluding hydrogens is 372 g/mol. The number of rotatable bonds is 5. The fourth-order valence-corrected chi connectivity index (χ4v) is 3.23. The Morgan fingerprint density at radius 3 is 2.69 bits per heavy atom.